The number of likely N-dealkylation sites (tertiary alicyclic amines) is 1. The molecule has 0 saturated carbocycles. The Kier molecular flexibility index (Phi) is 4.80. The predicted molar refractivity (Wildman–Crippen MR) is 107 cm³/mol. The van der Waals surface area contributed by atoms with Crippen LogP contribution in [0.25, 0.3) is 0 Å². The summed E-state index contributed by atoms with van der Waals surface area (Å²) in [6.45, 7) is 5.06. The van der Waals surface area contributed by atoms with E-state index in [2.05, 4.69) is 5.10 Å². The molecule has 2 amide bonds. The highest BCUT2D eigenvalue weighted by Crippen LogP contribution is 2.41. The summed E-state index contributed by atoms with van der Waals surface area (Å²) in [7, 11) is 3.64. The van der Waals surface area contributed by atoms with Crippen molar-refractivity contribution >= 4 is 11.8 Å². The van der Waals surface area contributed by atoms with Crippen molar-refractivity contribution in [2.45, 2.75) is 38.8 Å². The van der Waals surface area contributed by atoms with Crippen molar-refractivity contribution in [1.82, 2.24) is 24.1 Å². The van der Waals surface area contributed by atoms with E-state index in [9.17, 15) is 14.4 Å². The van der Waals surface area contributed by atoms with Crippen molar-refractivity contribution < 1.29 is 9.59 Å². The van der Waals surface area contributed by atoms with E-state index in [1.165, 1.54) is 6.07 Å². The summed E-state index contributed by atoms with van der Waals surface area (Å²) in [5, 5.41) is 4.25. The molecule has 8 heteroatoms. The highest BCUT2D eigenvalue weighted by atomic mass is 16.2. The molecule has 2 aromatic rings. The molecular weight excluding hydrogens is 370 g/mol. The molecule has 3 atom stereocenters. The lowest BCUT2D eigenvalue weighted by molar-refractivity contribution is -0.141. The van der Waals surface area contributed by atoms with Crippen LogP contribution in [0.2, 0.25) is 0 Å². The summed E-state index contributed by atoms with van der Waals surface area (Å²) in [4.78, 5) is 41.8. The number of piperidine rings is 1. The zero-order chi connectivity index (χ0) is 20.9. The summed E-state index contributed by atoms with van der Waals surface area (Å²) in [6.07, 6.45) is 2.58. The smallest absolute Gasteiger partial charge is 0.251 e. The van der Waals surface area contributed by atoms with E-state index < -0.39 is 6.04 Å². The number of nitrogens with zero attached hydrogens (tertiary/aromatic N) is 5. The second-order valence-electron chi connectivity index (χ2n) is 8.29. The molecule has 0 radical (unpaired) electrons. The van der Waals surface area contributed by atoms with Crippen LogP contribution in [0.1, 0.15) is 42.3 Å². The standard InChI is InChI=1S/C21H27N5O3/c1-13-17(9-22-24(13)4)10-23(3)21(29)20-16-8-15(11-25(12-16)14(2)27)18-6-5-7-19(28)26(18)20/h5-7,9,15-16,20H,8,10-12H2,1-4H3/t15-,16+,20-/m1/s1. The first kappa shape index (κ1) is 19.4. The van der Waals surface area contributed by atoms with Crippen molar-refractivity contribution in [3.05, 3.63) is 51.7 Å². The molecule has 4 heterocycles. The third-order valence-electron chi connectivity index (χ3n) is 6.47. The number of amides is 2. The minimum Gasteiger partial charge on any atom is -0.342 e. The van der Waals surface area contributed by atoms with E-state index in [0.717, 1.165) is 23.4 Å². The molecule has 1 fully saturated rings. The second-order valence-corrected chi connectivity index (χ2v) is 8.29. The number of hydrogen-bond donors (Lipinski definition) is 0. The molecule has 2 bridgehead atoms. The zero-order valence-corrected chi connectivity index (χ0v) is 17.3. The van der Waals surface area contributed by atoms with Gasteiger partial charge in [-0.15, -0.1) is 0 Å². The molecule has 2 aliphatic heterocycles. The number of carbonyl (C=O) groups excluding carboxylic acids is 2. The Labute approximate surface area is 169 Å². The van der Waals surface area contributed by atoms with Gasteiger partial charge in [0.1, 0.15) is 6.04 Å². The third-order valence-corrected chi connectivity index (χ3v) is 6.47. The molecule has 29 heavy (non-hydrogen) atoms. The summed E-state index contributed by atoms with van der Waals surface area (Å²) in [5.41, 5.74) is 2.68. The highest BCUT2D eigenvalue weighted by molar-refractivity contribution is 5.81. The first-order valence-corrected chi connectivity index (χ1v) is 9.97. The lowest BCUT2D eigenvalue weighted by atomic mass is 9.78. The van der Waals surface area contributed by atoms with Gasteiger partial charge >= 0.3 is 0 Å². The fourth-order valence-electron chi connectivity index (χ4n) is 4.77. The Morgan fingerprint density at radius 1 is 1.28 bits per heavy atom. The molecule has 2 aromatic heterocycles. The molecule has 0 aromatic carbocycles. The maximum atomic E-state index is 13.5. The van der Waals surface area contributed by atoms with Gasteiger partial charge in [-0.3, -0.25) is 23.6 Å². The quantitative estimate of drug-likeness (QED) is 0.776. The molecule has 0 unspecified atom stereocenters. The summed E-state index contributed by atoms with van der Waals surface area (Å²) in [6, 6.07) is 4.57. The summed E-state index contributed by atoms with van der Waals surface area (Å²) >= 11 is 0. The second kappa shape index (κ2) is 7.17. The van der Waals surface area contributed by atoms with Crippen molar-refractivity contribution in [2.75, 3.05) is 20.1 Å². The zero-order valence-electron chi connectivity index (χ0n) is 17.3. The Morgan fingerprint density at radius 2 is 2.03 bits per heavy atom. The lowest BCUT2D eigenvalue weighted by Crippen LogP contribution is -2.54. The maximum absolute atomic E-state index is 13.5. The minimum absolute atomic E-state index is 0.0111. The fraction of sp³-hybridized carbons (Fsp3) is 0.524. The van der Waals surface area contributed by atoms with E-state index >= 15 is 0 Å². The summed E-state index contributed by atoms with van der Waals surface area (Å²) < 4.78 is 3.45. The van der Waals surface area contributed by atoms with Crippen molar-refractivity contribution in [2.24, 2.45) is 13.0 Å². The van der Waals surface area contributed by atoms with Crippen molar-refractivity contribution in [3.8, 4) is 0 Å². The number of carbonyl (C=O) groups is 2. The van der Waals surface area contributed by atoms with E-state index in [1.807, 2.05) is 24.9 Å². The minimum atomic E-state index is -0.598. The van der Waals surface area contributed by atoms with Crippen LogP contribution in [-0.2, 0) is 23.2 Å². The Bertz CT molecular complexity index is 1020. The van der Waals surface area contributed by atoms with Gasteiger partial charge in [-0.2, -0.15) is 5.10 Å². The molecule has 2 aliphatic rings. The third kappa shape index (κ3) is 3.26. The van der Waals surface area contributed by atoms with Crippen LogP contribution in [0, 0.1) is 12.8 Å². The molecule has 154 valence electrons. The van der Waals surface area contributed by atoms with Gasteiger partial charge in [-0.1, -0.05) is 6.07 Å². The van der Waals surface area contributed by atoms with Gasteiger partial charge in [-0.05, 0) is 19.4 Å². The van der Waals surface area contributed by atoms with Gasteiger partial charge in [0.25, 0.3) is 5.56 Å². The average Bonchev–Trinajstić information content (AvgIpc) is 3.00. The molecular formula is C21H27N5O3. The summed E-state index contributed by atoms with van der Waals surface area (Å²) in [5.74, 6) is -0.0784. The monoisotopic (exact) mass is 397 g/mol. The number of hydrogen-bond acceptors (Lipinski definition) is 4. The number of fused-ring (bicyclic) bond motifs is 4. The van der Waals surface area contributed by atoms with Crippen molar-refractivity contribution in [3.63, 3.8) is 0 Å². The van der Waals surface area contributed by atoms with Crippen molar-refractivity contribution in [1.29, 1.82) is 0 Å². The van der Waals surface area contributed by atoms with Crippen LogP contribution in [-0.4, -0.2) is 56.1 Å². The number of aryl methyl sites for hydroxylation is 1. The molecule has 0 aliphatic carbocycles. The molecule has 1 saturated heterocycles. The van der Waals surface area contributed by atoms with Gasteiger partial charge < -0.3 is 9.80 Å². The SMILES string of the molecule is CC(=O)N1C[C@H]2C[C@@H](C1)[C@H](C(=O)N(C)Cc1cnn(C)c1C)n1c2cccc1=O. The maximum Gasteiger partial charge on any atom is 0.251 e. The topological polar surface area (TPSA) is 80.4 Å². The van der Waals surface area contributed by atoms with Gasteiger partial charge in [0.05, 0.1) is 6.20 Å². The largest absolute Gasteiger partial charge is 0.342 e. The van der Waals surface area contributed by atoms with Gasteiger partial charge in [0, 0.05) is 75.5 Å². The number of likely N-dealkylation sites (N-methyl/N-ethyl adjacent to an activating group) is 1. The fourth-order valence-corrected chi connectivity index (χ4v) is 4.77. The number of aromatic nitrogens is 3. The highest BCUT2D eigenvalue weighted by Gasteiger charge is 2.45. The Balaban J connectivity index is 1.70. The van der Waals surface area contributed by atoms with E-state index in [-0.39, 0.29) is 29.2 Å². The molecule has 8 nitrogen and oxygen atoms in total. The molecule has 0 spiro atoms. The number of rotatable bonds is 3. The van der Waals surface area contributed by atoms with Gasteiger partial charge in [-0.25, -0.2) is 0 Å². The predicted octanol–water partition coefficient (Wildman–Crippen LogP) is 1.06. The van der Waals surface area contributed by atoms with E-state index in [1.54, 1.807) is 40.4 Å². The number of pyridine rings is 1. The van der Waals surface area contributed by atoms with Crippen LogP contribution < -0.4 is 5.56 Å². The Hall–Kier alpha value is -2.90. The first-order chi connectivity index (χ1) is 13.8. The van der Waals surface area contributed by atoms with Crippen LogP contribution in [0.15, 0.2) is 29.2 Å². The lowest BCUT2D eigenvalue weighted by Gasteiger charge is -2.46. The van der Waals surface area contributed by atoms with Crippen LogP contribution >= 0.6 is 0 Å². The van der Waals surface area contributed by atoms with E-state index in [0.29, 0.717) is 19.6 Å². The molecule has 4 rings (SSSR count). The normalized spacial score (nSPS) is 22.9. The van der Waals surface area contributed by atoms with Gasteiger partial charge in [0.15, 0.2) is 0 Å². The van der Waals surface area contributed by atoms with Crippen LogP contribution in [0.5, 0.6) is 0 Å². The average molecular weight is 397 g/mol. The van der Waals surface area contributed by atoms with E-state index in [4.69, 9.17) is 0 Å². The Morgan fingerprint density at radius 3 is 2.69 bits per heavy atom. The van der Waals surface area contributed by atoms with Gasteiger partial charge in [0.2, 0.25) is 11.8 Å². The molecule has 0 N–H and O–H groups in total. The van der Waals surface area contributed by atoms with Crippen LogP contribution in [0.3, 0.4) is 0 Å². The van der Waals surface area contributed by atoms with Crippen LogP contribution in [0.4, 0.5) is 0 Å². The first-order valence-electron chi connectivity index (χ1n) is 9.97.